The lowest BCUT2D eigenvalue weighted by Gasteiger charge is -2.45. The van der Waals surface area contributed by atoms with Crippen molar-refractivity contribution in [1.29, 1.82) is 5.26 Å². The molecule has 1 atom stereocenters. The molecule has 2 saturated heterocycles. The molecule has 0 radical (unpaired) electrons. The second-order valence-electron chi connectivity index (χ2n) is 5.60. The lowest BCUT2D eigenvalue weighted by molar-refractivity contribution is 0.133. The molecule has 106 valence electrons. The topological polar surface area (TPSA) is 30.3 Å². The van der Waals surface area contributed by atoms with Crippen molar-refractivity contribution in [3.05, 3.63) is 23.8 Å². The molecule has 2 aliphatic rings. The fourth-order valence-corrected chi connectivity index (χ4v) is 4.01. The number of hydrogen-bond acceptors (Lipinski definition) is 4. The third-order valence-electron chi connectivity index (χ3n) is 4.51. The smallest absolute Gasteiger partial charge is 0.103 e. The monoisotopic (exact) mass is 287 g/mol. The van der Waals surface area contributed by atoms with E-state index in [0.29, 0.717) is 6.04 Å². The third-order valence-corrected chi connectivity index (χ3v) is 5.29. The minimum absolute atomic E-state index is 0.682. The van der Waals surface area contributed by atoms with Crippen LogP contribution < -0.4 is 4.90 Å². The average Bonchev–Trinajstić information content (AvgIpc) is 2.53. The van der Waals surface area contributed by atoms with Crippen LogP contribution in [-0.2, 0) is 0 Å². The summed E-state index contributed by atoms with van der Waals surface area (Å²) in [6, 6.07) is 9.32. The van der Waals surface area contributed by atoms with Crippen molar-refractivity contribution in [3.63, 3.8) is 0 Å². The first-order valence-corrected chi connectivity index (χ1v) is 8.62. The molecule has 4 heteroatoms. The van der Waals surface area contributed by atoms with Crippen molar-refractivity contribution in [2.24, 2.45) is 0 Å². The van der Waals surface area contributed by atoms with Crippen molar-refractivity contribution < 1.29 is 0 Å². The van der Waals surface area contributed by atoms with Gasteiger partial charge in [-0.1, -0.05) is 12.5 Å². The minimum atomic E-state index is 0.682. The Labute approximate surface area is 125 Å². The summed E-state index contributed by atoms with van der Waals surface area (Å²) in [5.74, 6) is 0. The first kappa shape index (κ1) is 13.8. The fourth-order valence-electron chi connectivity index (χ4n) is 3.44. The van der Waals surface area contributed by atoms with Crippen LogP contribution in [0, 0.1) is 11.3 Å². The zero-order valence-electron chi connectivity index (χ0n) is 12.0. The summed E-state index contributed by atoms with van der Waals surface area (Å²) in [4.78, 5) is 6.14. The molecule has 3 nitrogen and oxygen atoms in total. The molecule has 3 rings (SSSR count). The van der Waals surface area contributed by atoms with Crippen LogP contribution in [-0.4, -0.2) is 43.4 Å². The SMILES string of the molecule is CSc1cccc(N2CCN3CCCCC3C2)c1C#N. The Balaban J connectivity index is 1.85. The highest BCUT2D eigenvalue weighted by Crippen LogP contribution is 2.31. The lowest BCUT2D eigenvalue weighted by atomic mass is 9.98. The number of fused-ring (bicyclic) bond motifs is 1. The van der Waals surface area contributed by atoms with Crippen molar-refractivity contribution in [2.45, 2.75) is 30.2 Å². The van der Waals surface area contributed by atoms with Crippen molar-refractivity contribution in [2.75, 3.05) is 37.3 Å². The van der Waals surface area contributed by atoms with Crippen LogP contribution in [0.5, 0.6) is 0 Å². The van der Waals surface area contributed by atoms with Crippen LogP contribution in [0.15, 0.2) is 23.1 Å². The summed E-state index contributed by atoms with van der Waals surface area (Å²) in [7, 11) is 0. The summed E-state index contributed by atoms with van der Waals surface area (Å²) >= 11 is 1.66. The van der Waals surface area contributed by atoms with Crippen molar-refractivity contribution in [1.82, 2.24) is 4.90 Å². The number of thioether (sulfide) groups is 1. The van der Waals surface area contributed by atoms with E-state index >= 15 is 0 Å². The van der Waals surface area contributed by atoms with E-state index < -0.39 is 0 Å². The summed E-state index contributed by atoms with van der Waals surface area (Å²) in [5.41, 5.74) is 1.98. The van der Waals surface area contributed by atoms with E-state index in [-0.39, 0.29) is 0 Å². The Bertz CT molecular complexity index is 523. The predicted octanol–water partition coefficient (Wildman–Crippen LogP) is 2.95. The van der Waals surface area contributed by atoms with Crippen molar-refractivity contribution in [3.8, 4) is 6.07 Å². The highest BCUT2D eigenvalue weighted by atomic mass is 32.2. The molecular formula is C16H21N3S. The lowest BCUT2D eigenvalue weighted by Crippen LogP contribution is -2.55. The highest BCUT2D eigenvalue weighted by Gasteiger charge is 2.29. The fraction of sp³-hybridized carbons (Fsp3) is 0.562. The molecule has 2 fully saturated rings. The van der Waals surface area contributed by atoms with E-state index in [0.717, 1.165) is 35.8 Å². The maximum absolute atomic E-state index is 9.49. The second kappa shape index (κ2) is 6.07. The summed E-state index contributed by atoms with van der Waals surface area (Å²) in [6.45, 7) is 4.52. The molecule has 2 aliphatic heterocycles. The van der Waals surface area contributed by atoms with Gasteiger partial charge >= 0.3 is 0 Å². The molecule has 0 amide bonds. The molecule has 0 aromatic heterocycles. The van der Waals surface area contributed by atoms with Gasteiger partial charge in [-0.25, -0.2) is 0 Å². The van der Waals surface area contributed by atoms with Gasteiger partial charge in [0.1, 0.15) is 6.07 Å². The van der Waals surface area contributed by atoms with Crippen LogP contribution in [0.1, 0.15) is 24.8 Å². The molecule has 1 aromatic carbocycles. The number of anilines is 1. The number of piperazine rings is 1. The maximum Gasteiger partial charge on any atom is 0.103 e. The van der Waals surface area contributed by atoms with E-state index in [1.807, 2.05) is 12.3 Å². The first-order valence-electron chi connectivity index (χ1n) is 7.39. The van der Waals surface area contributed by atoms with E-state index in [9.17, 15) is 5.26 Å². The van der Waals surface area contributed by atoms with Gasteiger partial charge in [0, 0.05) is 30.6 Å². The normalized spacial score (nSPS) is 23.2. The molecule has 2 heterocycles. The van der Waals surface area contributed by atoms with Gasteiger partial charge in [0.05, 0.1) is 11.3 Å². The highest BCUT2D eigenvalue weighted by molar-refractivity contribution is 7.98. The number of piperidine rings is 1. The van der Waals surface area contributed by atoms with Gasteiger partial charge in [0.15, 0.2) is 0 Å². The van der Waals surface area contributed by atoms with Crippen LogP contribution in [0.2, 0.25) is 0 Å². The molecule has 1 aromatic rings. The second-order valence-corrected chi connectivity index (χ2v) is 6.45. The minimum Gasteiger partial charge on any atom is -0.368 e. The van der Waals surface area contributed by atoms with E-state index in [1.165, 1.54) is 25.8 Å². The van der Waals surface area contributed by atoms with E-state index in [1.54, 1.807) is 11.8 Å². The van der Waals surface area contributed by atoms with Gasteiger partial charge in [0.2, 0.25) is 0 Å². The molecule has 1 unspecified atom stereocenters. The largest absolute Gasteiger partial charge is 0.368 e. The Morgan fingerprint density at radius 3 is 2.95 bits per heavy atom. The number of nitriles is 1. The number of hydrogen-bond donors (Lipinski definition) is 0. The number of benzene rings is 1. The van der Waals surface area contributed by atoms with Gasteiger partial charge in [-0.2, -0.15) is 5.26 Å². The summed E-state index contributed by atoms with van der Waals surface area (Å²) in [6.07, 6.45) is 6.05. The Kier molecular flexibility index (Phi) is 4.18. The Morgan fingerprint density at radius 2 is 2.15 bits per heavy atom. The molecular weight excluding hydrogens is 266 g/mol. The standard InChI is InChI=1S/C16H21N3S/c1-20-16-7-4-6-15(14(16)11-17)19-10-9-18-8-3-2-5-13(18)12-19/h4,6-7,13H,2-3,5,8-10,12H2,1H3. The van der Waals surface area contributed by atoms with Gasteiger partial charge in [-0.3, -0.25) is 4.90 Å². The van der Waals surface area contributed by atoms with Gasteiger partial charge in [-0.05, 0) is 37.8 Å². The Morgan fingerprint density at radius 1 is 1.25 bits per heavy atom. The molecule has 0 saturated carbocycles. The third kappa shape index (κ3) is 2.53. The van der Waals surface area contributed by atoms with Gasteiger partial charge in [0.25, 0.3) is 0 Å². The first-order chi connectivity index (χ1) is 9.83. The van der Waals surface area contributed by atoms with Gasteiger partial charge < -0.3 is 4.90 Å². The van der Waals surface area contributed by atoms with Crippen LogP contribution >= 0.6 is 11.8 Å². The predicted molar refractivity (Wildman–Crippen MR) is 84.4 cm³/mol. The maximum atomic E-state index is 9.49. The zero-order chi connectivity index (χ0) is 13.9. The van der Waals surface area contributed by atoms with Crippen LogP contribution in [0.4, 0.5) is 5.69 Å². The van der Waals surface area contributed by atoms with Gasteiger partial charge in [-0.15, -0.1) is 11.8 Å². The quantitative estimate of drug-likeness (QED) is 0.782. The average molecular weight is 287 g/mol. The summed E-state index contributed by atoms with van der Waals surface area (Å²) in [5, 5.41) is 9.49. The molecule has 0 bridgehead atoms. The molecule has 0 aliphatic carbocycles. The number of rotatable bonds is 2. The number of nitrogens with zero attached hydrogens (tertiary/aromatic N) is 3. The summed E-state index contributed by atoms with van der Waals surface area (Å²) < 4.78 is 0. The van der Waals surface area contributed by atoms with Crippen LogP contribution in [0.3, 0.4) is 0 Å². The van der Waals surface area contributed by atoms with E-state index in [4.69, 9.17) is 0 Å². The zero-order valence-corrected chi connectivity index (χ0v) is 12.8. The molecule has 0 N–H and O–H groups in total. The Hall–Kier alpha value is -1.18. The molecule has 0 spiro atoms. The van der Waals surface area contributed by atoms with E-state index in [2.05, 4.69) is 28.0 Å². The van der Waals surface area contributed by atoms with Crippen molar-refractivity contribution >= 4 is 17.4 Å². The van der Waals surface area contributed by atoms with Crippen LogP contribution in [0.25, 0.3) is 0 Å². The molecule has 20 heavy (non-hydrogen) atoms.